The van der Waals surface area contributed by atoms with E-state index in [9.17, 15) is 19.7 Å². The lowest BCUT2D eigenvalue weighted by atomic mass is 9.97. The van der Waals surface area contributed by atoms with Gasteiger partial charge in [0.25, 0.3) is 5.09 Å². The molecule has 0 saturated carbocycles. The number of nitrogens with two attached hydrogens (primary N) is 1. The third kappa shape index (κ3) is 7.22. The van der Waals surface area contributed by atoms with Crippen molar-refractivity contribution in [2.45, 2.75) is 31.8 Å². The summed E-state index contributed by atoms with van der Waals surface area (Å²) < 4.78 is 6.20. The smallest absolute Gasteiger partial charge is 0.306 e. The number of hydrogen-bond donors (Lipinski definition) is 2. The molecule has 0 aliphatic carbocycles. The highest BCUT2D eigenvalue weighted by atomic mass is 32.1. The van der Waals surface area contributed by atoms with E-state index in [1.165, 1.54) is 11.3 Å². The number of carbonyl (C=O) groups excluding carboxylic acids is 2. The van der Waals surface area contributed by atoms with Gasteiger partial charge in [-0.15, -0.1) is 21.5 Å². The highest BCUT2D eigenvalue weighted by Gasteiger charge is 2.20. The Bertz CT molecular complexity index is 1070. The van der Waals surface area contributed by atoms with E-state index < -0.39 is 17.0 Å². The summed E-state index contributed by atoms with van der Waals surface area (Å²) in [5.41, 5.74) is 7.41. The van der Waals surface area contributed by atoms with Crippen molar-refractivity contribution in [2.24, 2.45) is 5.73 Å². The van der Waals surface area contributed by atoms with Crippen LogP contribution in [0.15, 0.2) is 48.8 Å². The molecule has 10 nitrogen and oxygen atoms in total. The third-order valence-corrected chi connectivity index (χ3v) is 5.88. The van der Waals surface area contributed by atoms with Gasteiger partial charge in [-0.05, 0) is 41.5 Å². The number of aromatic nitrogens is 1. The molecular weight excluding hydrogens is 448 g/mol. The SMILES string of the molecule is NC[C@@H](C(=O)Nc1cc2ccncc2s1)c1ccc(COC(=O)CCCCO[N+](=O)[O-])cc1. The number of rotatable bonds is 12. The fraction of sp³-hybridized carbons (Fsp3) is 0.318. The Morgan fingerprint density at radius 1 is 1.21 bits per heavy atom. The number of thiophene rings is 1. The molecule has 2 heterocycles. The van der Waals surface area contributed by atoms with Crippen LogP contribution in [-0.4, -0.2) is 35.1 Å². The Balaban J connectivity index is 1.48. The molecule has 1 aromatic carbocycles. The average Bonchev–Trinajstić information content (AvgIpc) is 3.20. The number of carbonyl (C=O) groups is 2. The lowest BCUT2D eigenvalue weighted by molar-refractivity contribution is -0.757. The second-order valence-corrected chi connectivity index (χ2v) is 8.30. The van der Waals surface area contributed by atoms with Gasteiger partial charge >= 0.3 is 5.97 Å². The summed E-state index contributed by atoms with van der Waals surface area (Å²) in [6, 6.07) is 11.0. The molecule has 1 atom stereocenters. The van der Waals surface area contributed by atoms with Gasteiger partial charge in [-0.1, -0.05) is 24.3 Å². The van der Waals surface area contributed by atoms with Crippen molar-refractivity contribution < 1.29 is 24.3 Å². The Morgan fingerprint density at radius 2 is 2.00 bits per heavy atom. The molecule has 0 spiro atoms. The van der Waals surface area contributed by atoms with Crippen LogP contribution in [0.25, 0.3) is 10.1 Å². The fourth-order valence-electron chi connectivity index (χ4n) is 3.14. The molecule has 11 heteroatoms. The van der Waals surface area contributed by atoms with Gasteiger partial charge in [0.1, 0.15) is 6.61 Å². The number of hydrogen-bond acceptors (Lipinski definition) is 9. The summed E-state index contributed by atoms with van der Waals surface area (Å²) in [5, 5.41) is 13.9. The maximum absolute atomic E-state index is 12.8. The zero-order valence-electron chi connectivity index (χ0n) is 17.8. The molecule has 0 fully saturated rings. The predicted octanol–water partition coefficient (Wildman–Crippen LogP) is 3.40. The monoisotopic (exact) mass is 472 g/mol. The van der Waals surface area contributed by atoms with Crippen molar-refractivity contribution in [3.63, 3.8) is 0 Å². The van der Waals surface area contributed by atoms with E-state index in [0.717, 1.165) is 26.2 Å². The van der Waals surface area contributed by atoms with E-state index >= 15 is 0 Å². The van der Waals surface area contributed by atoms with E-state index in [-0.39, 0.29) is 32.1 Å². The second-order valence-electron chi connectivity index (χ2n) is 7.22. The minimum Gasteiger partial charge on any atom is -0.461 e. The molecule has 33 heavy (non-hydrogen) atoms. The molecule has 3 N–H and O–H groups in total. The van der Waals surface area contributed by atoms with Crippen LogP contribution < -0.4 is 11.1 Å². The predicted molar refractivity (Wildman–Crippen MR) is 123 cm³/mol. The summed E-state index contributed by atoms with van der Waals surface area (Å²) >= 11 is 1.45. The van der Waals surface area contributed by atoms with Crippen molar-refractivity contribution in [1.82, 2.24) is 4.98 Å². The molecule has 0 radical (unpaired) electrons. The Hall–Kier alpha value is -3.57. The number of fused-ring (bicyclic) bond motifs is 1. The number of amides is 1. The number of esters is 1. The molecule has 0 unspecified atom stereocenters. The first-order valence-corrected chi connectivity index (χ1v) is 11.1. The number of pyridine rings is 1. The van der Waals surface area contributed by atoms with Crippen LogP contribution in [0.5, 0.6) is 0 Å². The molecule has 3 rings (SSSR count). The molecular formula is C22H24N4O6S. The average molecular weight is 473 g/mol. The maximum Gasteiger partial charge on any atom is 0.306 e. The molecule has 1 amide bonds. The fourth-order valence-corrected chi connectivity index (χ4v) is 4.07. The van der Waals surface area contributed by atoms with Crippen molar-refractivity contribution >= 4 is 38.3 Å². The van der Waals surface area contributed by atoms with Gasteiger partial charge in [-0.2, -0.15) is 0 Å². The molecule has 0 saturated heterocycles. The van der Waals surface area contributed by atoms with Gasteiger partial charge in [-0.3, -0.25) is 14.6 Å². The minimum atomic E-state index is -0.859. The van der Waals surface area contributed by atoms with Gasteiger partial charge in [0.05, 0.1) is 22.2 Å². The van der Waals surface area contributed by atoms with Gasteiger partial charge in [0.15, 0.2) is 0 Å². The van der Waals surface area contributed by atoms with Crippen LogP contribution in [0.2, 0.25) is 0 Å². The minimum absolute atomic E-state index is 0.0439. The highest BCUT2D eigenvalue weighted by molar-refractivity contribution is 7.22. The Kier molecular flexibility index (Phi) is 8.67. The van der Waals surface area contributed by atoms with Crippen LogP contribution >= 0.6 is 11.3 Å². The summed E-state index contributed by atoms with van der Waals surface area (Å²) in [4.78, 5) is 42.9. The first kappa shape index (κ1) is 24.1. The summed E-state index contributed by atoms with van der Waals surface area (Å²) in [7, 11) is 0. The summed E-state index contributed by atoms with van der Waals surface area (Å²) in [5.74, 6) is -1.11. The topological polar surface area (TPSA) is 147 Å². The lowest BCUT2D eigenvalue weighted by Gasteiger charge is -2.15. The Morgan fingerprint density at radius 3 is 2.70 bits per heavy atom. The van der Waals surface area contributed by atoms with E-state index in [1.807, 2.05) is 12.1 Å². The standard InChI is InChI=1S/C22H24N4O6S/c23-12-18(22(28)25-20-11-17-8-9-24-13-19(17)33-20)16-6-4-15(5-7-16)14-31-21(27)3-1-2-10-32-26(29)30/h4-9,11,13,18H,1-3,10,12,14,23H2,(H,25,28)/t18-/m1/s1. The van der Waals surface area contributed by atoms with Crippen molar-refractivity contribution in [3.05, 3.63) is 70.0 Å². The van der Waals surface area contributed by atoms with Crippen LogP contribution in [-0.2, 0) is 25.8 Å². The van der Waals surface area contributed by atoms with Gasteiger partial charge in [0, 0.05) is 25.4 Å². The van der Waals surface area contributed by atoms with Gasteiger partial charge in [-0.25, -0.2) is 0 Å². The number of ether oxygens (including phenoxy) is 1. The van der Waals surface area contributed by atoms with Crippen LogP contribution in [0.1, 0.15) is 36.3 Å². The zero-order valence-corrected chi connectivity index (χ0v) is 18.6. The quantitative estimate of drug-likeness (QED) is 0.176. The first-order chi connectivity index (χ1) is 16.0. The zero-order chi connectivity index (χ0) is 23.6. The molecule has 0 bridgehead atoms. The number of benzene rings is 1. The Labute approximate surface area is 193 Å². The van der Waals surface area contributed by atoms with Crippen LogP contribution in [0.4, 0.5) is 5.00 Å². The van der Waals surface area contributed by atoms with E-state index in [4.69, 9.17) is 10.5 Å². The molecule has 2 aromatic heterocycles. The maximum atomic E-state index is 12.8. The number of nitrogens with one attached hydrogen (secondary N) is 1. The number of unbranched alkanes of at least 4 members (excludes halogenated alkanes) is 1. The van der Waals surface area contributed by atoms with Crippen LogP contribution in [0.3, 0.4) is 0 Å². The molecule has 0 aliphatic rings. The van der Waals surface area contributed by atoms with E-state index in [1.54, 1.807) is 36.7 Å². The number of nitrogens with zero attached hydrogens (tertiary/aromatic N) is 2. The molecule has 0 aliphatic heterocycles. The molecule has 3 aromatic rings. The third-order valence-electron chi connectivity index (χ3n) is 4.88. The van der Waals surface area contributed by atoms with Crippen LogP contribution in [0, 0.1) is 10.1 Å². The van der Waals surface area contributed by atoms with Crippen molar-refractivity contribution in [1.29, 1.82) is 0 Å². The van der Waals surface area contributed by atoms with Gasteiger partial charge in [0.2, 0.25) is 5.91 Å². The van der Waals surface area contributed by atoms with E-state index in [0.29, 0.717) is 12.8 Å². The second kappa shape index (κ2) is 11.9. The summed E-state index contributed by atoms with van der Waals surface area (Å²) in [6.45, 7) is 0.199. The highest BCUT2D eigenvalue weighted by Crippen LogP contribution is 2.29. The summed E-state index contributed by atoms with van der Waals surface area (Å²) in [6.07, 6.45) is 4.45. The van der Waals surface area contributed by atoms with Gasteiger partial charge < -0.3 is 20.6 Å². The first-order valence-electron chi connectivity index (χ1n) is 10.3. The van der Waals surface area contributed by atoms with Crippen molar-refractivity contribution in [3.8, 4) is 0 Å². The van der Waals surface area contributed by atoms with Crippen molar-refractivity contribution in [2.75, 3.05) is 18.5 Å². The largest absolute Gasteiger partial charge is 0.461 e. The lowest BCUT2D eigenvalue weighted by Crippen LogP contribution is -2.27. The van der Waals surface area contributed by atoms with E-state index in [2.05, 4.69) is 15.1 Å². The number of anilines is 1. The molecule has 174 valence electrons. The normalized spacial score (nSPS) is 11.7.